The predicted molar refractivity (Wildman–Crippen MR) is 39.1 cm³/mol. The number of hydrogen-bond acceptors (Lipinski definition) is 3. The Morgan fingerprint density at radius 2 is 2.60 bits per heavy atom. The van der Waals surface area contributed by atoms with Crippen LogP contribution in [0.2, 0.25) is 0 Å². The van der Waals surface area contributed by atoms with Crippen molar-refractivity contribution in [1.82, 2.24) is 10.4 Å². The maximum Gasteiger partial charge on any atom is 0.167 e. The molecule has 1 unspecified atom stereocenters. The van der Waals surface area contributed by atoms with E-state index in [0.29, 0.717) is 6.04 Å². The molecule has 0 aromatic rings. The van der Waals surface area contributed by atoms with Crippen molar-refractivity contribution in [2.75, 3.05) is 6.54 Å². The number of aldehydes is 1. The van der Waals surface area contributed by atoms with Crippen molar-refractivity contribution in [3.63, 3.8) is 0 Å². The zero-order chi connectivity index (χ0) is 7.56. The fourth-order valence-corrected chi connectivity index (χ4v) is 1.08. The summed E-state index contributed by atoms with van der Waals surface area (Å²) in [5, 5.41) is 1.84. The van der Waals surface area contributed by atoms with Gasteiger partial charge >= 0.3 is 0 Å². The number of nitrogens with zero attached hydrogens (tertiary/aromatic N) is 1. The second-order valence-corrected chi connectivity index (χ2v) is 2.37. The fraction of sp³-hybridized carbons (Fsp3) is 0.571. The van der Waals surface area contributed by atoms with Crippen LogP contribution in [0, 0.1) is 0 Å². The summed E-state index contributed by atoms with van der Waals surface area (Å²) in [6.07, 6.45) is 2.79. The smallest absolute Gasteiger partial charge is 0.167 e. The molecule has 1 aliphatic rings. The topological polar surface area (TPSA) is 32.3 Å². The van der Waals surface area contributed by atoms with E-state index in [-0.39, 0.29) is 0 Å². The fourth-order valence-electron chi connectivity index (χ4n) is 1.08. The number of allylic oxidation sites excluding steroid dienone is 1. The molecule has 0 aromatic heterocycles. The van der Waals surface area contributed by atoms with E-state index < -0.39 is 0 Å². The minimum atomic E-state index is 0.292. The van der Waals surface area contributed by atoms with Crippen LogP contribution in [0.15, 0.2) is 11.8 Å². The van der Waals surface area contributed by atoms with Gasteiger partial charge < -0.3 is 5.01 Å². The summed E-state index contributed by atoms with van der Waals surface area (Å²) >= 11 is 0. The lowest BCUT2D eigenvalue weighted by atomic mass is 10.3. The Morgan fingerprint density at radius 1 is 1.90 bits per heavy atom. The molecule has 0 spiro atoms. The Bertz CT molecular complexity index is 165. The molecule has 0 saturated carbocycles. The first-order valence-corrected chi connectivity index (χ1v) is 3.48. The third-order valence-corrected chi connectivity index (χ3v) is 1.53. The SMILES string of the molecule is CCN1NC(C)C=C1C=O. The third kappa shape index (κ3) is 1.19. The third-order valence-electron chi connectivity index (χ3n) is 1.53. The van der Waals surface area contributed by atoms with Gasteiger partial charge in [0.2, 0.25) is 0 Å². The van der Waals surface area contributed by atoms with E-state index in [4.69, 9.17) is 0 Å². The molecule has 0 aromatic carbocycles. The van der Waals surface area contributed by atoms with Crippen LogP contribution < -0.4 is 5.43 Å². The van der Waals surface area contributed by atoms with Crippen LogP contribution in [0.4, 0.5) is 0 Å². The van der Waals surface area contributed by atoms with Crippen molar-refractivity contribution in [2.45, 2.75) is 19.9 Å². The summed E-state index contributed by atoms with van der Waals surface area (Å²) in [7, 11) is 0. The predicted octanol–water partition coefficient (Wildman–Crippen LogP) is 0.298. The van der Waals surface area contributed by atoms with E-state index in [0.717, 1.165) is 18.5 Å². The molecule has 1 atom stereocenters. The lowest BCUT2D eigenvalue weighted by Gasteiger charge is -2.17. The molecular weight excluding hydrogens is 128 g/mol. The minimum Gasteiger partial charge on any atom is -0.305 e. The molecule has 0 radical (unpaired) electrons. The molecule has 1 aliphatic heterocycles. The van der Waals surface area contributed by atoms with E-state index in [9.17, 15) is 4.79 Å². The maximum atomic E-state index is 10.4. The van der Waals surface area contributed by atoms with Gasteiger partial charge in [-0.3, -0.25) is 4.79 Å². The number of rotatable bonds is 2. The molecule has 1 N–H and O–H groups in total. The number of likely N-dealkylation sites (N-methyl/N-ethyl adjacent to an activating group) is 1. The lowest BCUT2D eigenvalue weighted by molar-refractivity contribution is -0.106. The number of carbonyl (C=O) groups excluding carboxylic acids is 1. The van der Waals surface area contributed by atoms with Crippen molar-refractivity contribution < 1.29 is 4.79 Å². The Hall–Kier alpha value is -0.830. The Labute approximate surface area is 60.7 Å². The highest BCUT2D eigenvalue weighted by atomic mass is 16.1. The Morgan fingerprint density at radius 3 is 3.00 bits per heavy atom. The van der Waals surface area contributed by atoms with Crippen LogP contribution in [0.1, 0.15) is 13.8 Å². The highest BCUT2D eigenvalue weighted by Gasteiger charge is 2.16. The minimum absolute atomic E-state index is 0.292. The largest absolute Gasteiger partial charge is 0.305 e. The first-order chi connectivity index (χ1) is 4.77. The summed E-state index contributed by atoms with van der Waals surface area (Å²) in [6, 6.07) is 0.292. The summed E-state index contributed by atoms with van der Waals surface area (Å²) in [5.74, 6) is 0. The number of carbonyl (C=O) groups is 1. The number of nitrogens with one attached hydrogen (secondary N) is 1. The molecule has 56 valence electrons. The average molecular weight is 140 g/mol. The quantitative estimate of drug-likeness (QED) is 0.560. The van der Waals surface area contributed by atoms with E-state index >= 15 is 0 Å². The first kappa shape index (κ1) is 7.28. The standard InChI is InChI=1S/C7H12N2O/c1-3-9-7(5-10)4-6(2)8-9/h4-6,8H,3H2,1-2H3. The normalized spacial score (nSPS) is 24.8. The second-order valence-electron chi connectivity index (χ2n) is 2.37. The summed E-state index contributed by atoms with van der Waals surface area (Å²) in [5.41, 5.74) is 3.86. The van der Waals surface area contributed by atoms with Gasteiger partial charge in [0.25, 0.3) is 0 Å². The van der Waals surface area contributed by atoms with Gasteiger partial charge in [-0.15, -0.1) is 0 Å². The molecule has 0 aliphatic carbocycles. The highest BCUT2D eigenvalue weighted by molar-refractivity contribution is 5.73. The van der Waals surface area contributed by atoms with Gasteiger partial charge in [-0.1, -0.05) is 0 Å². The summed E-state index contributed by atoms with van der Waals surface area (Å²) < 4.78 is 0. The van der Waals surface area contributed by atoms with Gasteiger partial charge in [0.15, 0.2) is 6.29 Å². The van der Waals surface area contributed by atoms with E-state index in [1.54, 1.807) is 0 Å². The molecule has 1 heterocycles. The molecule has 1 rings (SSSR count). The monoisotopic (exact) mass is 140 g/mol. The highest BCUT2D eigenvalue weighted by Crippen LogP contribution is 2.07. The van der Waals surface area contributed by atoms with Crippen molar-refractivity contribution in [3.05, 3.63) is 11.8 Å². The first-order valence-electron chi connectivity index (χ1n) is 3.48. The van der Waals surface area contributed by atoms with Crippen molar-refractivity contribution >= 4 is 6.29 Å². The van der Waals surface area contributed by atoms with Crippen LogP contribution in [-0.4, -0.2) is 23.9 Å². The number of hydrogen-bond donors (Lipinski definition) is 1. The van der Waals surface area contributed by atoms with Crippen molar-refractivity contribution in [2.24, 2.45) is 0 Å². The average Bonchev–Trinajstić information content (AvgIpc) is 2.30. The summed E-state index contributed by atoms with van der Waals surface area (Å²) in [4.78, 5) is 10.4. The lowest BCUT2D eigenvalue weighted by Crippen LogP contribution is -2.35. The van der Waals surface area contributed by atoms with Crippen LogP contribution in [0.25, 0.3) is 0 Å². The van der Waals surface area contributed by atoms with E-state index in [1.165, 1.54) is 0 Å². The molecule has 0 fully saturated rings. The van der Waals surface area contributed by atoms with E-state index in [2.05, 4.69) is 5.43 Å². The van der Waals surface area contributed by atoms with Gasteiger partial charge in [0, 0.05) is 12.6 Å². The molecule has 3 nitrogen and oxygen atoms in total. The van der Waals surface area contributed by atoms with Crippen LogP contribution in [-0.2, 0) is 4.79 Å². The molecule has 10 heavy (non-hydrogen) atoms. The van der Waals surface area contributed by atoms with Crippen LogP contribution in [0.3, 0.4) is 0 Å². The van der Waals surface area contributed by atoms with Gasteiger partial charge in [-0.05, 0) is 19.9 Å². The second kappa shape index (κ2) is 2.84. The molecule has 0 amide bonds. The molecule has 3 heteroatoms. The number of hydrazine groups is 1. The maximum absolute atomic E-state index is 10.4. The summed E-state index contributed by atoms with van der Waals surface area (Å²) in [6.45, 7) is 4.84. The molecular formula is C7H12N2O. The zero-order valence-electron chi connectivity index (χ0n) is 6.29. The Balaban J connectivity index is 2.65. The van der Waals surface area contributed by atoms with E-state index in [1.807, 2.05) is 24.9 Å². The molecule has 0 bridgehead atoms. The van der Waals surface area contributed by atoms with Gasteiger partial charge in [-0.2, -0.15) is 0 Å². The zero-order valence-corrected chi connectivity index (χ0v) is 6.29. The van der Waals surface area contributed by atoms with Crippen LogP contribution >= 0.6 is 0 Å². The van der Waals surface area contributed by atoms with Crippen LogP contribution in [0.5, 0.6) is 0 Å². The van der Waals surface area contributed by atoms with Gasteiger partial charge in [0.1, 0.15) is 0 Å². The molecule has 0 saturated heterocycles. The van der Waals surface area contributed by atoms with Gasteiger partial charge in [-0.25, -0.2) is 5.43 Å². The van der Waals surface area contributed by atoms with Crippen molar-refractivity contribution in [1.29, 1.82) is 0 Å². The van der Waals surface area contributed by atoms with Crippen molar-refractivity contribution in [3.8, 4) is 0 Å². The Kier molecular flexibility index (Phi) is 2.06. The van der Waals surface area contributed by atoms with Gasteiger partial charge in [0.05, 0.1) is 5.70 Å².